The number of allylic oxidation sites excluding steroid dienone is 14. The number of aliphatic hydroxyl groups excluding tert-OH is 1. The molecular formula is C79H142O5. The van der Waals surface area contributed by atoms with Gasteiger partial charge in [0.2, 0.25) is 0 Å². The molecule has 0 bridgehead atoms. The molecule has 0 aromatic heterocycles. The van der Waals surface area contributed by atoms with Crippen molar-refractivity contribution in [3.8, 4) is 0 Å². The summed E-state index contributed by atoms with van der Waals surface area (Å²) >= 11 is 0. The number of rotatable bonds is 69. The summed E-state index contributed by atoms with van der Waals surface area (Å²) in [6.45, 7) is 4.07. The average Bonchev–Trinajstić information content (AvgIpc) is 3.51. The maximum atomic E-state index is 12.4. The number of unbranched alkanes of at least 4 members (excludes halogenated alkanes) is 47. The maximum Gasteiger partial charge on any atom is 0.306 e. The Hall–Kier alpha value is -2.92. The van der Waals surface area contributed by atoms with E-state index in [0.29, 0.717) is 12.8 Å². The van der Waals surface area contributed by atoms with Crippen LogP contribution < -0.4 is 0 Å². The summed E-state index contributed by atoms with van der Waals surface area (Å²) in [6.07, 6.45) is 105. The van der Waals surface area contributed by atoms with Gasteiger partial charge in [0.15, 0.2) is 6.10 Å². The van der Waals surface area contributed by atoms with Crippen molar-refractivity contribution >= 4 is 11.9 Å². The first-order chi connectivity index (χ1) is 41.6. The van der Waals surface area contributed by atoms with Crippen molar-refractivity contribution in [2.45, 2.75) is 392 Å². The molecule has 0 aromatic rings. The first kappa shape index (κ1) is 81.1. The highest BCUT2D eigenvalue weighted by molar-refractivity contribution is 5.70. The van der Waals surface area contributed by atoms with Gasteiger partial charge in [-0.3, -0.25) is 9.59 Å². The quantitative estimate of drug-likeness (QED) is 0.0373. The van der Waals surface area contributed by atoms with E-state index < -0.39 is 6.10 Å². The van der Waals surface area contributed by atoms with Crippen LogP contribution in [-0.4, -0.2) is 36.4 Å². The van der Waals surface area contributed by atoms with Crippen molar-refractivity contribution in [2.75, 3.05) is 13.2 Å². The Labute approximate surface area is 524 Å². The van der Waals surface area contributed by atoms with Crippen LogP contribution in [0.5, 0.6) is 0 Å². The van der Waals surface area contributed by atoms with Crippen LogP contribution in [0.4, 0.5) is 0 Å². The van der Waals surface area contributed by atoms with E-state index in [9.17, 15) is 14.7 Å². The predicted molar refractivity (Wildman–Crippen MR) is 371 cm³/mol. The lowest BCUT2D eigenvalue weighted by atomic mass is 10.0. The number of hydrogen-bond donors (Lipinski definition) is 1. The SMILES string of the molecule is CC/C=C\C/C=C\C/C=C\C/C=C\C/C=C\C/C=C\C/C=C\CCCCCCCCCCCCCC(=O)OC(CO)COC(=O)CCCCCCCCCCCCCCCCCCCCCCCCCCCCCCCCCCCCCCC. The molecule has 0 heterocycles. The molecule has 0 aliphatic heterocycles. The molecule has 488 valence electrons. The van der Waals surface area contributed by atoms with Crippen molar-refractivity contribution in [3.05, 3.63) is 85.1 Å². The van der Waals surface area contributed by atoms with Crippen LogP contribution in [0.1, 0.15) is 386 Å². The van der Waals surface area contributed by atoms with Crippen molar-refractivity contribution in [1.82, 2.24) is 0 Å². The lowest BCUT2D eigenvalue weighted by Gasteiger charge is -2.15. The van der Waals surface area contributed by atoms with E-state index in [1.807, 2.05) is 0 Å². The lowest BCUT2D eigenvalue weighted by molar-refractivity contribution is -0.161. The Morgan fingerprint density at radius 1 is 0.286 bits per heavy atom. The van der Waals surface area contributed by atoms with E-state index in [2.05, 4.69) is 98.9 Å². The zero-order valence-electron chi connectivity index (χ0n) is 56.2. The van der Waals surface area contributed by atoms with Gasteiger partial charge in [-0.2, -0.15) is 0 Å². The number of carbonyl (C=O) groups excluding carboxylic acids is 2. The summed E-state index contributed by atoms with van der Waals surface area (Å²) < 4.78 is 10.8. The predicted octanol–water partition coefficient (Wildman–Crippen LogP) is 26.0. The molecule has 0 radical (unpaired) electrons. The van der Waals surface area contributed by atoms with Crippen LogP contribution in [0.2, 0.25) is 0 Å². The summed E-state index contributed by atoms with van der Waals surface area (Å²) in [5.41, 5.74) is 0. The van der Waals surface area contributed by atoms with E-state index in [1.54, 1.807) is 0 Å². The van der Waals surface area contributed by atoms with Crippen molar-refractivity contribution < 1.29 is 24.2 Å². The fraction of sp³-hybridized carbons (Fsp3) is 0.797. The second-order valence-corrected chi connectivity index (χ2v) is 25.0. The van der Waals surface area contributed by atoms with Crippen LogP contribution in [0.15, 0.2) is 85.1 Å². The molecule has 1 atom stereocenters. The van der Waals surface area contributed by atoms with Crippen molar-refractivity contribution in [2.24, 2.45) is 0 Å². The molecule has 5 heteroatoms. The Balaban J connectivity index is 3.42. The van der Waals surface area contributed by atoms with Crippen LogP contribution in [0, 0.1) is 0 Å². The molecule has 0 aliphatic rings. The summed E-state index contributed by atoms with van der Waals surface area (Å²) in [6, 6.07) is 0. The van der Waals surface area contributed by atoms with Gasteiger partial charge in [0, 0.05) is 12.8 Å². The largest absolute Gasteiger partial charge is 0.462 e. The van der Waals surface area contributed by atoms with Gasteiger partial charge in [0.05, 0.1) is 6.61 Å². The van der Waals surface area contributed by atoms with Gasteiger partial charge in [-0.15, -0.1) is 0 Å². The second kappa shape index (κ2) is 74.3. The fourth-order valence-corrected chi connectivity index (χ4v) is 11.2. The zero-order valence-corrected chi connectivity index (χ0v) is 56.2. The van der Waals surface area contributed by atoms with Crippen LogP contribution in [-0.2, 0) is 19.1 Å². The van der Waals surface area contributed by atoms with E-state index in [-0.39, 0.29) is 25.2 Å². The monoisotopic (exact) mass is 1170 g/mol. The smallest absolute Gasteiger partial charge is 0.306 e. The molecule has 84 heavy (non-hydrogen) atoms. The summed E-state index contributed by atoms with van der Waals surface area (Å²) in [5.74, 6) is -0.579. The molecular weight excluding hydrogens is 1030 g/mol. The lowest BCUT2D eigenvalue weighted by Crippen LogP contribution is -2.28. The fourth-order valence-electron chi connectivity index (χ4n) is 11.2. The molecule has 1 N–H and O–H groups in total. The standard InChI is InChI=1S/C79H142O5/c1-3-5-7-9-11-13-15-17-19-21-23-25-27-29-31-33-35-37-38-39-40-42-43-45-47-49-51-53-55-57-59-61-63-65-67-69-71-73-78(81)83-76-77(75-80)84-79(82)74-72-70-68-66-64-62-60-58-56-54-52-50-48-46-44-41-36-34-32-30-28-26-24-22-20-18-16-14-12-10-8-6-4-2/h6,8,12,14,18,20,24,26,30,32,36,41,46,48,77,80H,3-5,7,9-11,13,15-17,19,21-23,25,27-29,31,33-35,37-40,42-45,47,49-76H2,1-2H3/b8-6-,14-12-,20-18-,26-24-,32-30-,41-36-,48-46-. The molecule has 0 amide bonds. The second-order valence-electron chi connectivity index (χ2n) is 25.0. The first-order valence-corrected chi connectivity index (χ1v) is 37.1. The van der Waals surface area contributed by atoms with Gasteiger partial charge in [0.25, 0.3) is 0 Å². The average molecular weight is 1170 g/mol. The maximum absolute atomic E-state index is 12.4. The van der Waals surface area contributed by atoms with Crippen LogP contribution >= 0.6 is 0 Å². The third-order valence-corrected chi connectivity index (χ3v) is 16.7. The number of hydrogen-bond acceptors (Lipinski definition) is 5. The summed E-state index contributed by atoms with van der Waals surface area (Å²) in [4.78, 5) is 24.7. The molecule has 0 saturated heterocycles. The minimum absolute atomic E-state index is 0.0659. The molecule has 1 unspecified atom stereocenters. The van der Waals surface area contributed by atoms with E-state index in [0.717, 1.165) is 83.5 Å². The van der Waals surface area contributed by atoms with Gasteiger partial charge < -0.3 is 14.6 Å². The molecule has 0 spiro atoms. The molecule has 0 rings (SSSR count). The third-order valence-electron chi connectivity index (χ3n) is 16.7. The highest BCUT2D eigenvalue weighted by Gasteiger charge is 2.16. The van der Waals surface area contributed by atoms with Gasteiger partial charge in [0.1, 0.15) is 6.61 Å². The topological polar surface area (TPSA) is 72.8 Å². The molecule has 5 nitrogen and oxygen atoms in total. The van der Waals surface area contributed by atoms with Gasteiger partial charge in [-0.1, -0.05) is 388 Å². The van der Waals surface area contributed by atoms with Crippen LogP contribution in [0.3, 0.4) is 0 Å². The Morgan fingerprint density at radius 3 is 0.774 bits per heavy atom. The van der Waals surface area contributed by atoms with E-state index in [1.165, 1.54) is 276 Å². The normalized spacial score (nSPS) is 12.7. The van der Waals surface area contributed by atoms with Gasteiger partial charge >= 0.3 is 11.9 Å². The van der Waals surface area contributed by atoms with E-state index in [4.69, 9.17) is 9.47 Å². The van der Waals surface area contributed by atoms with E-state index >= 15 is 0 Å². The van der Waals surface area contributed by atoms with Gasteiger partial charge in [-0.05, 0) is 70.6 Å². The van der Waals surface area contributed by atoms with Crippen molar-refractivity contribution in [1.29, 1.82) is 0 Å². The first-order valence-electron chi connectivity index (χ1n) is 37.1. The minimum atomic E-state index is -0.778. The molecule has 0 fully saturated rings. The zero-order chi connectivity index (χ0) is 60.5. The number of carbonyl (C=O) groups is 2. The number of ether oxygens (including phenoxy) is 2. The Kier molecular flexibility index (Phi) is 71.7. The Bertz CT molecular complexity index is 1520. The minimum Gasteiger partial charge on any atom is -0.462 e. The number of aliphatic hydroxyl groups is 1. The number of esters is 2. The third kappa shape index (κ3) is 71.6. The molecule has 0 aliphatic carbocycles. The molecule has 0 saturated carbocycles. The highest BCUT2D eigenvalue weighted by Crippen LogP contribution is 2.19. The summed E-state index contributed by atoms with van der Waals surface area (Å²) in [5, 5.41) is 9.71. The molecule has 0 aromatic carbocycles. The highest BCUT2D eigenvalue weighted by atomic mass is 16.6. The van der Waals surface area contributed by atoms with Crippen LogP contribution in [0.25, 0.3) is 0 Å². The Morgan fingerprint density at radius 2 is 0.512 bits per heavy atom. The van der Waals surface area contributed by atoms with Gasteiger partial charge in [-0.25, -0.2) is 0 Å². The van der Waals surface area contributed by atoms with Crippen molar-refractivity contribution in [3.63, 3.8) is 0 Å². The summed E-state index contributed by atoms with van der Waals surface area (Å²) in [7, 11) is 0.